The molecule has 8 nitrogen and oxygen atoms in total. The maximum atomic E-state index is 12.2. The third-order valence-corrected chi connectivity index (χ3v) is 4.68. The van der Waals surface area contributed by atoms with Crippen molar-refractivity contribution in [3.63, 3.8) is 0 Å². The van der Waals surface area contributed by atoms with Gasteiger partial charge >= 0.3 is 12.8 Å². The topological polar surface area (TPSA) is 109 Å². The number of hydrogen-bond donors (Lipinski definition) is 2. The summed E-state index contributed by atoms with van der Waals surface area (Å²) >= 11 is 0. The van der Waals surface area contributed by atoms with Crippen LogP contribution in [0.4, 0.5) is 5.82 Å². The lowest BCUT2D eigenvalue weighted by atomic mass is 9.79. The number of rotatable bonds is 3. The van der Waals surface area contributed by atoms with Crippen LogP contribution in [0, 0.1) is 0 Å². The molecule has 0 radical (unpaired) electrons. The number of nitrogens with zero attached hydrogens (tertiary/aromatic N) is 2. The van der Waals surface area contributed by atoms with E-state index in [4.69, 9.17) is 19.8 Å². The summed E-state index contributed by atoms with van der Waals surface area (Å²) in [5.41, 5.74) is 4.91. The van der Waals surface area contributed by atoms with E-state index in [2.05, 4.69) is 4.98 Å². The van der Waals surface area contributed by atoms with Crippen LogP contribution in [-0.4, -0.2) is 46.2 Å². The molecule has 1 aromatic carbocycles. The highest BCUT2D eigenvalue weighted by Crippen LogP contribution is 2.46. The fourth-order valence-electron chi connectivity index (χ4n) is 3.46. The van der Waals surface area contributed by atoms with Crippen LogP contribution in [-0.2, 0) is 14.0 Å². The van der Waals surface area contributed by atoms with Crippen LogP contribution in [0.1, 0.15) is 13.2 Å². The van der Waals surface area contributed by atoms with E-state index in [1.54, 1.807) is 0 Å². The Morgan fingerprint density at radius 1 is 1.36 bits per heavy atom. The molecule has 25 heavy (non-hydrogen) atoms. The van der Waals surface area contributed by atoms with Crippen molar-refractivity contribution >= 4 is 18.4 Å². The zero-order valence-corrected chi connectivity index (χ0v) is 13.6. The number of anilines is 1. The number of fused-ring (bicyclic) bond motifs is 1. The smallest absolute Gasteiger partial charge is 0.398 e. The summed E-state index contributed by atoms with van der Waals surface area (Å²) in [5.74, 6) is 0.130. The molecule has 4 atom stereocenters. The van der Waals surface area contributed by atoms with E-state index < -0.39 is 36.8 Å². The van der Waals surface area contributed by atoms with E-state index in [-0.39, 0.29) is 12.4 Å². The van der Waals surface area contributed by atoms with Gasteiger partial charge in [0.1, 0.15) is 23.6 Å². The van der Waals surface area contributed by atoms with Crippen LogP contribution in [0.3, 0.4) is 0 Å². The molecule has 0 amide bonds. The molecule has 130 valence electrons. The van der Waals surface area contributed by atoms with Crippen molar-refractivity contribution in [2.45, 2.75) is 31.0 Å². The SMILES string of the molecule is C[C@@]12OB(c3ccccc3)O[C@@H]1[C@@H](CO)O[C@H]2n1ccc(N)nc1=O. The van der Waals surface area contributed by atoms with Gasteiger partial charge in [0, 0.05) is 6.20 Å². The van der Waals surface area contributed by atoms with E-state index in [9.17, 15) is 9.90 Å². The predicted molar refractivity (Wildman–Crippen MR) is 90.1 cm³/mol. The standard InChI is InChI=1S/C16H18BN3O5/c1-16-13(24-17(25-16)10-5-3-2-4-6-10)11(9-21)23-14(16)20-8-7-12(18)19-15(20)22/h2-8,11,13-14,21H,9H2,1H3,(H2,18,19,22)/t11-,13-,14-,16-/m1/s1. The molecule has 0 saturated carbocycles. The molecule has 1 aromatic heterocycles. The molecule has 9 heteroatoms. The summed E-state index contributed by atoms with van der Waals surface area (Å²) in [6.45, 7) is 1.56. The predicted octanol–water partition coefficient (Wildman–Crippen LogP) is -0.715. The lowest BCUT2D eigenvalue weighted by Gasteiger charge is -2.29. The van der Waals surface area contributed by atoms with Crippen molar-refractivity contribution in [2.24, 2.45) is 0 Å². The van der Waals surface area contributed by atoms with Gasteiger partial charge in [0.05, 0.1) is 6.61 Å². The zero-order chi connectivity index (χ0) is 17.6. The van der Waals surface area contributed by atoms with E-state index >= 15 is 0 Å². The Kier molecular flexibility index (Phi) is 3.88. The van der Waals surface area contributed by atoms with Crippen molar-refractivity contribution < 1.29 is 19.2 Å². The third-order valence-electron chi connectivity index (χ3n) is 4.68. The Morgan fingerprint density at radius 3 is 2.80 bits per heavy atom. The van der Waals surface area contributed by atoms with Crippen LogP contribution in [0.2, 0.25) is 0 Å². The minimum Gasteiger partial charge on any atom is -0.398 e. The van der Waals surface area contributed by atoms with Crippen molar-refractivity contribution in [3.8, 4) is 0 Å². The quantitative estimate of drug-likeness (QED) is 0.708. The fourth-order valence-corrected chi connectivity index (χ4v) is 3.46. The minimum absolute atomic E-state index is 0.130. The van der Waals surface area contributed by atoms with E-state index in [0.29, 0.717) is 0 Å². The number of aliphatic hydroxyl groups excluding tert-OH is 1. The number of aromatic nitrogens is 2. The average molecular weight is 343 g/mol. The van der Waals surface area contributed by atoms with Gasteiger partial charge < -0.3 is 24.9 Å². The molecule has 2 aliphatic heterocycles. The average Bonchev–Trinajstić information content (AvgIpc) is 3.08. The van der Waals surface area contributed by atoms with Gasteiger partial charge in [-0.25, -0.2) is 4.79 Å². The van der Waals surface area contributed by atoms with E-state index in [1.165, 1.54) is 16.8 Å². The monoisotopic (exact) mass is 343 g/mol. The summed E-state index contributed by atoms with van der Waals surface area (Å²) in [6.07, 6.45) is -0.425. The number of hydrogen-bond acceptors (Lipinski definition) is 7. The molecule has 2 aromatic rings. The van der Waals surface area contributed by atoms with Crippen molar-refractivity contribution in [1.29, 1.82) is 0 Å². The summed E-state index contributed by atoms with van der Waals surface area (Å²) in [7, 11) is -0.603. The van der Waals surface area contributed by atoms with Crippen molar-refractivity contribution in [3.05, 3.63) is 53.1 Å². The van der Waals surface area contributed by atoms with Crippen molar-refractivity contribution in [1.82, 2.24) is 9.55 Å². The lowest BCUT2D eigenvalue weighted by molar-refractivity contribution is -0.0809. The Hall–Kier alpha value is -2.20. The van der Waals surface area contributed by atoms with Crippen LogP contribution >= 0.6 is 0 Å². The van der Waals surface area contributed by atoms with Crippen LogP contribution in [0.25, 0.3) is 0 Å². The fraction of sp³-hybridized carbons (Fsp3) is 0.375. The van der Waals surface area contributed by atoms with Gasteiger partial charge in [-0.1, -0.05) is 30.3 Å². The minimum atomic E-state index is -0.963. The van der Waals surface area contributed by atoms with Gasteiger partial charge in [-0.2, -0.15) is 4.98 Å². The first-order valence-corrected chi connectivity index (χ1v) is 8.02. The lowest BCUT2D eigenvalue weighted by Crippen LogP contribution is -2.45. The Balaban J connectivity index is 1.72. The van der Waals surface area contributed by atoms with Crippen LogP contribution in [0.15, 0.2) is 47.4 Å². The molecule has 2 fully saturated rings. The maximum Gasteiger partial charge on any atom is 0.494 e. The maximum absolute atomic E-state index is 12.2. The molecular weight excluding hydrogens is 325 g/mol. The van der Waals surface area contributed by atoms with Crippen LogP contribution in [0.5, 0.6) is 0 Å². The second-order valence-electron chi connectivity index (χ2n) is 6.35. The second kappa shape index (κ2) is 5.96. The highest BCUT2D eigenvalue weighted by molar-refractivity contribution is 6.62. The van der Waals surface area contributed by atoms with Gasteiger partial charge in [-0.15, -0.1) is 0 Å². The first-order chi connectivity index (χ1) is 12.0. The third kappa shape index (κ3) is 2.56. The Bertz CT molecular complexity index is 832. The largest absolute Gasteiger partial charge is 0.494 e. The van der Waals surface area contributed by atoms with Gasteiger partial charge in [-0.05, 0) is 18.5 Å². The van der Waals surface area contributed by atoms with E-state index in [1.807, 2.05) is 37.3 Å². The number of nitrogen functional groups attached to an aromatic ring is 1. The highest BCUT2D eigenvalue weighted by Gasteiger charge is 2.63. The van der Waals surface area contributed by atoms with Gasteiger partial charge in [-0.3, -0.25) is 4.57 Å². The summed E-state index contributed by atoms with van der Waals surface area (Å²) in [6, 6.07) is 11.0. The highest BCUT2D eigenvalue weighted by atomic mass is 16.7. The molecule has 2 aliphatic rings. The number of benzene rings is 1. The molecule has 3 N–H and O–H groups in total. The first kappa shape index (κ1) is 16.3. The van der Waals surface area contributed by atoms with Gasteiger partial charge in [0.25, 0.3) is 0 Å². The molecular formula is C16H18BN3O5. The zero-order valence-electron chi connectivity index (χ0n) is 13.6. The van der Waals surface area contributed by atoms with Gasteiger partial charge in [0.2, 0.25) is 0 Å². The molecule has 2 saturated heterocycles. The van der Waals surface area contributed by atoms with Crippen LogP contribution < -0.4 is 16.9 Å². The summed E-state index contributed by atoms with van der Waals surface area (Å²) in [4.78, 5) is 16.0. The number of aliphatic hydroxyl groups is 1. The molecule has 0 unspecified atom stereocenters. The van der Waals surface area contributed by atoms with Gasteiger partial charge in [0.15, 0.2) is 6.23 Å². The normalized spacial score (nSPS) is 31.3. The molecule has 0 aliphatic carbocycles. The molecule has 3 heterocycles. The molecule has 4 rings (SSSR count). The number of ether oxygens (including phenoxy) is 1. The Labute approximate surface area is 144 Å². The number of nitrogens with two attached hydrogens (primary N) is 1. The molecule has 0 spiro atoms. The molecule has 0 bridgehead atoms. The Morgan fingerprint density at radius 2 is 2.12 bits per heavy atom. The summed E-state index contributed by atoms with van der Waals surface area (Å²) < 4.78 is 19.4. The summed E-state index contributed by atoms with van der Waals surface area (Å²) in [5, 5.41) is 9.68. The second-order valence-corrected chi connectivity index (χ2v) is 6.35. The van der Waals surface area contributed by atoms with Crippen molar-refractivity contribution in [2.75, 3.05) is 12.3 Å². The van der Waals surface area contributed by atoms with E-state index in [0.717, 1.165) is 5.46 Å². The first-order valence-electron chi connectivity index (χ1n) is 8.02.